The van der Waals surface area contributed by atoms with Gasteiger partial charge in [0.15, 0.2) is 0 Å². The topological polar surface area (TPSA) is 68.0 Å². The second-order valence-electron chi connectivity index (χ2n) is 3.09. The van der Waals surface area contributed by atoms with Gasteiger partial charge in [0.1, 0.15) is 0 Å². The molecule has 0 amide bonds. The van der Waals surface area contributed by atoms with E-state index in [-0.39, 0.29) is 5.56 Å². The third-order valence-corrected chi connectivity index (χ3v) is 2.69. The van der Waals surface area contributed by atoms with Gasteiger partial charge >= 0.3 is 5.97 Å². The first kappa shape index (κ1) is 9.85. The van der Waals surface area contributed by atoms with Crippen molar-refractivity contribution in [3.63, 3.8) is 0 Å². The lowest BCUT2D eigenvalue weighted by molar-refractivity contribution is 0.0697. The Bertz CT molecular complexity index is 489. The number of carboxylic acids is 1. The smallest absolute Gasteiger partial charge is 0.338 e. The Morgan fingerprint density at radius 3 is 3.00 bits per heavy atom. The quantitative estimate of drug-likeness (QED) is 0.853. The molecule has 6 heteroatoms. The number of rotatable bonds is 3. The molecule has 0 saturated carbocycles. The second kappa shape index (κ2) is 3.82. The summed E-state index contributed by atoms with van der Waals surface area (Å²) in [5.41, 5.74) is 1.10. The van der Waals surface area contributed by atoms with Crippen molar-refractivity contribution in [2.24, 2.45) is 0 Å². The molecule has 2 aromatic heterocycles. The van der Waals surface area contributed by atoms with Crippen molar-refractivity contribution in [1.29, 1.82) is 0 Å². The van der Waals surface area contributed by atoms with Gasteiger partial charge in [-0.15, -0.1) is 11.3 Å². The zero-order valence-electron chi connectivity index (χ0n) is 8.04. The Morgan fingerprint density at radius 2 is 2.47 bits per heavy atom. The maximum absolute atomic E-state index is 10.6. The van der Waals surface area contributed by atoms with E-state index in [0.717, 1.165) is 10.7 Å². The summed E-state index contributed by atoms with van der Waals surface area (Å²) in [5.74, 6) is -0.962. The third-order valence-electron chi connectivity index (χ3n) is 1.87. The van der Waals surface area contributed by atoms with Crippen LogP contribution < -0.4 is 0 Å². The van der Waals surface area contributed by atoms with Crippen LogP contribution in [0, 0.1) is 6.92 Å². The molecular weight excluding hydrogens is 214 g/mol. The van der Waals surface area contributed by atoms with Gasteiger partial charge in [0, 0.05) is 11.6 Å². The van der Waals surface area contributed by atoms with E-state index in [2.05, 4.69) is 10.1 Å². The minimum absolute atomic E-state index is 0.196. The van der Waals surface area contributed by atoms with Gasteiger partial charge in [-0.2, -0.15) is 5.10 Å². The molecule has 0 radical (unpaired) electrons. The largest absolute Gasteiger partial charge is 0.478 e. The zero-order valence-corrected chi connectivity index (χ0v) is 8.86. The van der Waals surface area contributed by atoms with Gasteiger partial charge < -0.3 is 5.11 Å². The fourth-order valence-electron chi connectivity index (χ4n) is 1.21. The molecule has 0 spiro atoms. The van der Waals surface area contributed by atoms with Crippen molar-refractivity contribution >= 4 is 17.3 Å². The van der Waals surface area contributed by atoms with Crippen LogP contribution in [-0.4, -0.2) is 25.8 Å². The summed E-state index contributed by atoms with van der Waals surface area (Å²) in [6, 6.07) is 0. The Kier molecular flexibility index (Phi) is 2.51. The predicted molar refractivity (Wildman–Crippen MR) is 55.1 cm³/mol. The van der Waals surface area contributed by atoms with E-state index in [1.807, 2.05) is 12.3 Å². The summed E-state index contributed by atoms with van der Waals surface area (Å²) < 4.78 is 1.57. The predicted octanol–water partition coefficient (Wildman–Crippen LogP) is 1.39. The van der Waals surface area contributed by atoms with Crippen LogP contribution in [0.4, 0.5) is 0 Å². The minimum Gasteiger partial charge on any atom is -0.478 e. The van der Waals surface area contributed by atoms with Crippen LogP contribution in [0.25, 0.3) is 0 Å². The lowest BCUT2D eigenvalue weighted by Crippen LogP contribution is -2.00. The Balaban J connectivity index is 2.14. The molecular formula is C9H9N3O2S. The lowest BCUT2D eigenvalue weighted by atomic mass is 10.4. The highest BCUT2D eigenvalue weighted by Crippen LogP contribution is 2.09. The summed E-state index contributed by atoms with van der Waals surface area (Å²) in [6.07, 6.45) is 2.83. The van der Waals surface area contributed by atoms with Crippen molar-refractivity contribution < 1.29 is 9.90 Å². The van der Waals surface area contributed by atoms with Crippen LogP contribution in [0.1, 0.15) is 21.1 Å². The monoisotopic (exact) mass is 223 g/mol. The normalized spacial score (nSPS) is 10.5. The maximum Gasteiger partial charge on any atom is 0.338 e. The molecule has 15 heavy (non-hydrogen) atoms. The van der Waals surface area contributed by atoms with Gasteiger partial charge in [-0.1, -0.05) is 0 Å². The van der Waals surface area contributed by atoms with Gasteiger partial charge in [0.2, 0.25) is 0 Å². The van der Waals surface area contributed by atoms with Crippen LogP contribution in [0.5, 0.6) is 0 Å². The molecule has 0 fully saturated rings. The van der Waals surface area contributed by atoms with E-state index in [0.29, 0.717) is 6.54 Å². The number of nitrogens with zero attached hydrogens (tertiary/aromatic N) is 3. The molecule has 0 aliphatic carbocycles. The molecule has 5 nitrogen and oxygen atoms in total. The molecule has 78 valence electrons. The van der Waals surface area contributed by atoms with Crippen molar-refractivity contribution in [3.05, 3.63) is 34.0 Å². The van der Waals surface area contributed by atoms with E-state index in [1.54, 1.807) is 16.0 Å². The molecule has 2 rings (SSSR count). The Hall–Kier alpha value is -1.69. The van der Waals surface area contributed by atoms with Gasteiger partial charge in [-0.25, -0.2) is 9.78 Å². The van der Waals surface area contributed by atoms with E-state index in [4.69, 9.17) is 5.11 Å². The van der Waals surface area contributed by atoms with Crippen LogP contribution in [-0.2, 0) is 6.54 Å². The molecule has 1 N–H and O–H groups in total. The summed E-state index contributed by atoms with van der Waals surface area (Å²) >= 11 is 1.57. The second-order valence-corrected chi connectivity index (χ2v) is 4.15. The number of thiazole rings is 1. The Labute approximate surface area is 90.0 Å². The standard InChI is InChI=1S/C9H9N3O2S/c1-6-11-8(5-15-6)4-12-3-7(2-10-12)9(13)14/h2-3,5H,4H2,1H3,(H,13,14). The van der Waals surface area contributed by atoms with Crippen LogP contribution in [0.3, 0.4) is 0 Å². The molecule has 2 heterocycles. The summed E-state index contributed by atoms with van der Waals surface area (Å²) in [5, 5.41) is 15.6. The highest BCUT2D eigenvalue weighted by Gasteiger charge is 2.06. The lowest BCUT2D eigenvalue weighted by Gasteiger charge is -1.95. The third kappa shape index (κ3) is 2.21. The fourth-order valence-corrected chi connectivity index (χ4v) is 1.81. The highest BCUT2D eigenvalue weighted by molar-refractivity contribution is 7.09. The van der Waals surface area contributed by atoms with Crippen molar-refractivity contribution in [1.82, 2.24) is 14.8 Å². The van der Waals surface area contributed by atoms with Crippen molar-refractivity contribution in [2.45, 2.75) is 13.5 Å². The number of aryl methyl sites for hydroxylation is 1. The summed E-state index contributed by atoms with van der Waals surface area (Å²) in [4.78, 5) is 14.9. The number of hydrogen-bond donors (Lipinski definition) is 1. The van der Waals surface area contributed by atoms with Crippen LogP contribution >= 0.6 is 11.3 Å². The van der Waals surface area contributed by atoms with Crippen molar-refractivity contribution in [3.8, 4) is 0 Å². The molecule has 2 aromatic rings. The first-order chi connectivity index (χ1) is 7.15. The van der Waals surface area contributed by atoms with E-state index >= 15 is 0 Å². The number of carboxylic acid groups (broad SMARTS) is 1. The molecule has 0 aromatic carbocycles. The number of hydrogen-bond acceptors (Lipinski definition) is 4. The highest BCUT2D eigenvalue weighted by atomic mass is 32.1. The van der Waals surface area contributed by atoms with Crippen LogP contribution in [0.15, 0.2) is 17.8 Å². The number of aromatic carboxylic acids is 1. The molecule has 0 aliphatic rings. The fraction of sp³-hybridized carbons (Fsp3) is 0.222. The van der Waals surface area contributed by atoms with Gasteiger partial charge in [0.25, 0.3) is 0 Å². The van der Waals surface area contributed by atoms with E-state index < -0.39 is 5.97 Å². The minimum atomic E-state index is -0.962. The van der Waals surface area contributed by atoms with Gasteiger partial charge in [0.05, 0.1) is 29.0 Å². The first-order valence-corrected chi connectivity index (χ1v) is 5.20. The van der Waals surface area contributed by atoms with Gasteiger partial charge in [-0.05, 0) is 6.92 Å². The molecule has 0 saturated heterocycles. The number of aromatic nitrogens is 3. The summed E-state index contributed by atoms with van der Waals surface area (Å²) in [7, 11) is 0. The molecule has 0 bridgehead atoms. The van der Waals surface area contributed by atoms with Crippen molar-refractivity contribution in [2.75, 3.05) is 0 Å². The average Bonchev–Trinajstić information content (AvgIpc) is 2.76. The first-order valence-electron chi connectivity index (χ1n) is 4.32. The Morgan fingerprint density at radius 1 is 1.67 bits per heavy atom. The molecule has 0 atom stereocenters. The molecule has 0 unspecified atom stereocenters. The van der Waals surface area contributed by atoms with E-state index in [1.165, 1.54) is 12.4 Å². The number of carbonyl (C=O) groups is 1. The zero-order chi connectivity index (χ0) is 10.8. The summed E-state index contributed by atoms with van der Waals surface area (Å²) in [6.45, 7) is 2.44. The van der Waals surface area contributed by atoms with Gasteiger partial charge in [-0.3, -0.25) is 4.68 Å². The van der Waals surface area contributed by atoms with E-state index in [9.17, 15) is 4.79 Å². The maximum atomic E-state index is 10.6. The SMILES string of the molecule is Cc1nc(Cn2cc(C(=O)O)cn2)cs1. The van der Waals surface area contributed by atoms with Crippen LogP contribution in [0.2, 0.25) is 0 Å². The average molecular weight is 223 g/mol. The molecule has 0 aliphatic heterocycles.